The Kier molecular flexibility index (Phi) is 5.01. The molecular formula is C11H17NO4. The Morgan fingerprint density at radius 2 is 2.44 bits per heavy atom. The third-order valence-electron chi connectivity index (χ3n) is 2.13. The number of rotatable bonds is 7. The lowest BCUT2D eigenvalue weighted by Gasteiger charge is -2.20. The number of carboxylic acids is 1. The summed E-state index contributed by atoms with van der Waals surface area (Å²) in [6.45, 7) is 3.09. The van der Waals surface area contributed by atoms with Crippen LogP contribution < -0.4 is 0 Å². The Hall–Kier alpha value is -1.33. The van der Waals surface area contributed by atoms with Gasteiger partial charge in [-0.05, 0) is 26.1 Å². The molecule has 0 aromatic carbocycles. The van der Waals surface area contributed by atoms with Crippen LogP contribution in [0.15, 0.2) is 22.8 Å². The zero-order valence-electron chi connectivity index (χ0n) is 9.55. The second-order valence-electron chi connectivity index (χ2n) is 3.56. The lowest BCUT2D eigenvalue weighted by Crippen LogP contribution is -2.36. The number of furan rings is 1. The molecule has 0 spiro atoms. The third-order valence-corrected chi connectivity index (χ3v) is 2.13. The van der Waals surface area contributed by atoms with E-state index >= 15 is 0 Å². The van der Waals surface area contributed by atoms with Gasteiger partial charge < -0.3 is 14.3 Å². The fraction of sp³-hybridized carbons (Fsp3) is 0.545. The maximum atomic E-state index is 10.9. The largest absolute Gasteiger partial charge is 0.479 e. The molecule has 0 fully saturated rings. The Balaban J connectivity index is 2.42. The number of ether oxygens (including phenoxy) is 1. The van der Waals surface area contributed by atoms with Crippen molar-refractivity contribution in [2.75, 3.05) is 20.2 Å². The zero-order chi connectivity index (χ0) is 12.0. The van der Waals surface area contributed by atoms with E-state index in [1.165, 1.54) is 0 Å². The molecule has 0 bridgehead atoms. The molecule has 90 valence electrons. The van der Waals surface area contributed by atoms with E-state index in [0.717, 1.165) is 5.76 Å². The number of hydrogen-bond acceptors (Lipinski definition) is 4. The van der Waals surface area contributed by atoms with Gasteiger partial charge in [-0.3, -0.25) is 4.90 Å². The average molecular weight is 227 g/mol. The summed E-state index contributed by atoms with van der Waals surface area (Å²) >= 11 is 0. The summed E-state index contributed by atoms with van der Waals surface area (Å²) in [4.78, 5) is 12.7. The maximum Gasteiger partial charge on any atom is 0.334 e. The summed E-state index contributed by atoms with van der Waals surface area (Å²) in [5.74, 6) is -0.128. The summed E-state index contributed by atoms with van der Waals surface area (Å²) in [6.07, 6.45) is 0.811. The molecule has 1 unspecified atom stereocenters. The molecular weight excluding hydrogens is 210 g/mol. The second-order valence-corrected chi connectivity index (χ2v) is 3.56. The fourth-order valence-corrected chi connectivity index (χ4v) is 1.42. The van der Waals surface area contributed by atoms with E-state index in [0.29, 0.717) is 19.7 Å². The van der Waals surface area contributed by atoms with Crippen LogP contribution in [0.25, 0.3) is 0 Å². The first-order valence-electron chi connectivity index (χ1n) is 5.18. The highest BCUT2D eigenvalue weighted by Crippen LogP contribution is 2.05. The van der Waals surface area contributed by atoms with Crippen molar-refractivity contribution >= 4 is 5.97 Å². The van der Waals surface area contributed by atoms with Crippen LogP contribution in [0.3, 0.4) is 0 Å². The third kappa shape index (κ3) is 4.04. The molecule has 0 saturated carbocycles. The smallest absolute Gasteiger partial charge is 0.334 e. The predicted octanol–water partition coefficient (Wildman–Crippen LogP) is 1.20. The van der Waals surface area contributed by atoms with Gasteiger partial charge in [-0.2, -0.15) is 0 Å². The average Bonchev–Trinajstić information content (AvgIpc) is 2.69. The second kappa shape index (κ2) is 6.30. The van der Waals surface area contributed by atoms with Gasteiger partial charge in [0.1, 0.15) is 5.76 Å². The number of carboxylic acid groups (broad SMARTS) is 1. The van der Waals surface area contributed by atoms with Gasteiger partial charge in [0, 0.05) is 13.2 Å². The van der Waals surface area contributed by atoms with Crippen molar-refractivity contribution in [2.45, 2.75) is 19.6 Å². The van der Waals surface area contributed by atoms with Crippen molar-refractivity contribution < 1.29 is 19.1 Å². The fourth-order valence-electron chi connectivity index (χ4n) is 1.42. The Labute approximate surface area is 94.6 Å². The maximum absolute atomic E-state index is 10.9. The van der Waals surface area contributed by atoms with Crippen molar-refractivity contribution in [3.63, 3.8) is 0 Å². The number of carbonyl (C=O) groups is 1. The van der Waals surface area contributed by atoms with Crippen LogP contribution in [0.2, 0.25) is 0 Å². The summed E-state index contributed by atoms with van der Waals surface area (Å²) in [5.41, 5.74) is 0. The van der Waals surface area contributed by atoms with Gasteiger partial charge in [0.2, 0.25) is 0 Å². The van der Waals surface area contributed by atoms with Gasteiger partial charge >= 0.3 is 5.97 Å². The van der Waals surface area contributed by atoms with E-state index in [9.17, 15) is 4.79 Å². The van der Waals surface area contributed by atoms with E-state index < -0.39 is 12.1 Å². The molecule has 1 heterocycles. The molecule has 0 aliphatic heterocycles. The minimum Gasteiger partial charge on any atom is -0.479 e. The standard InChI is InChI=1S/C11H17NO4/c1-3-15-10(11(13)14)8-12(2)7-9-5-4-6-16-9/h4-6,10H,3,7-8H2,1-2H3,(H,13,14). The summed E-state index contributed by atoms with van der Waals surface area (Å²) in [7, 11) is 1.83. The van der Waals surface area contributed by atoms with Gasteiger partial charge in [-0.1, -0.05) is 0 Å². The van der Waals surface area contributed by atoms with Crippen LogP contribution in [-0.4, -0.2) is 42.3 Å². The molecule has 5 nitrogen and oxygen atoms in total. The van der Waals surface area contributed by atoms with Crippen molar-refractivity contribution in [3.05, 3.63) is 24.2 Å². The lowest BCUT2D eigenvalue weighted by molar-refractivity contribution is -0.151. The highest BCUT2D eigenvalue weighted by molar-refractivity contribution is 5.72. The van der Waals surface area contributed by atoms with Crippen molar-refractivity contribution in [2.24, 2.45) is 0 Å². The van der Waals surface area contributed by atoms with E-state index in [1.807, 2.05) is 18.0 Å². The molecule has 1 aromatic heterocycles. The quantitative estimate of drug-likeness (QED) is 0.758. The van der Waals surface area contributed by atoms with Gasteiger partial charge in [-0.15, -0.1) is 0 Å². The van der Waals surface area contributed by atoms with Gasteiger partial charge in [0.25, 0.3) is 0 Å². The van der Waals surface area contributed by atoms with Gasteiger partial charge in [-0.25, -0.2) is 4.79 Å². The van der Waals surface area contributed by atoms with Crippen LogP contribution in [0.4, 0.5) is 0 Å². The highest BCUT2D eigenvalue weighted by atomic mass is 16.5. The van der Waals surface area contributed by atoms with Crippen LogP contribution in [0, 0.1) is 0 Å². The first-order valence-corrected chi connectivity index (χ1v) is 5.18. The van der Waals surface area contributed by atoms with E-state index in [-0.39, 0.29) is 0 Å². The van der Waals surface area contributed by atoms with E-state index in [1.54, 1.807) is 19.3 Å². The molecule has 1 N–H and O–H groups in total. The van der Waals surface area contributed by atoms with Gasteiger partial charge in [0.15, 0.2) is 6.10 Å². The Morgan fingerprint density at radius 1 is 1.69 bits per heavy atom. The minimum atomic E-state index is -0.937. The molecule has 16 heavy (non-hydrogen) atoms. The number of likely N-dealkylation sites (N-methyl/N-ethyl adjacent to an activating group) is 1. The first-order chi connectivity index (χ1) is 7.63. The summed E-state index contributed by atoms with van der Waals surface area (Å²) in [6, 6.07) is 3.66. The summed E-state index contributed by atoms with van der Waals surface area (Å²) < 4.78 is 10.3. The molecule has 0 aliphatic rings. The SMILES string of the molecule is CCOC(CN(C)Cc1ccco1)C(=O)O. The number of hydrogen-bond donors (Lipinski definition) is 1. The molecule has 0 amide bonds. The summed E-state index contributed by atoms with van der Waals surface area (Å²) in [5, 5.41) is 8.90. The van der Waals surface area contributed by atoms with Crippen LogP contribution in [-0.2, 0) is 16.1 Å². The molecule has 0 aliphatic carbocycles. The van der Waals surface area contributed by atoms with E-state index in [4.69, 9.17) is 14.3 Å². The highest BCUT2D eigenvalue weighted by Gasteiger charge is 2.19. The van der Waals surface area contributed by atoms with Gasteiger partial charge in [0.05, 0.1) is 12.8 Å². The first kappa shape index (κ1) is 12.7. The van der Waals surface area contributed by atoms with Crippen LogP contribution in [0.5, 0.6) is 0 Å². The van der Waals surface area contributed by atoms with Crippen molar-refractivity contribution in [1.82, 2.24) is 4.90 Å². The van der Waals surface area contributed by atoms with Crippen molar-refractivity contribution in [3.8, 4) is 0 Å². The topological polar surface area (TPSA) is 62.9 Å². The molecule has 1 aromatic rings. The molecule has 1 atom stereocenters. The number of aliphatic carboxylic acids is 1. The van der Waals surface area contributed by atoms with Crippen molar-refractivity contribution in [1.29, 1.82) is 0 Å². The molecule has 1 rings (SSSR count). The predicted molar refractivity (Wildman–Crippen MR) is 58.1 cm³/mol. The minimum absolute atomic E-state index is 0.337. The molecule has 5 heteroatoms. The lowest BCUT2D eigenvalue weighted by atomic mass is 10.3. The Bertz CT molecular complexity index is 310. The van der Waals surface area contributed by atoms with Crippen LogP contribution in [0.1, 0.15) is 12.7 Å². The number of nitrogens with zero attached hydrogens (tertiary/aromatic N) is 1. The Morgan fingerprint density at radius 3 is 2.94 bits per heavy atom. The van der Waals surface area contributed by atoms with Crippen LogP contribution >= 0.6 is 0 Å². The zero-order valence-corrected chi connectivity index (χ0v) is 9.55. The normalized spacial score (nSPS) is 12.9. The monoisotopic (exact) mass is 227 g/mol. The molecule has 0 saturated heterocycles. The van der Waals surface area contributed by atoms with E-state index in [2.05, 4.69) is 0 Å². The molecule has 0 radical (unpaired) electrons.